The Kier molecular flexibility index (Phi) is 4.12. The van der Waals surface area contributed by atoms with E-state index in [1.54, 1.807) is 0 Å². The molecule has 1 aliphatic carbocycles. The highest BCUT2D eigenvalue weighted by Gasteiger charge is 2.19. The molecule has 1 saturated carbocycles. The van der Waals surface area contributed by atoms with Gasteiger partial charge in [0.1, 0.15) is 0 Å². The lowest BCUT2D eigenvalue weighted by Crippen LogP contribution is -2.15. The molecule has 0 amide bonds. The molecule has 2 heteroatoms. The highest BCUT2D eigenvalue weighted by molar-refractivity contribution is 5.27. The molecule has 0 atom stereocenters. The molecule has 0 unspecified atom stereocenters. The predicted octanol–water partition coefficient (Wildman–Crippen LogP) is 3.49. The number of rotatable bonds is 6. The molecule has 104 valence electrons. The second kappa shape index (κ2) is 6.19. The van der Waals surface area contributed by atoms with Crippen LogP contribution in [0.15, 0.2) is 42.6 Å². The smallest absolute Gasteiger partial charge is 0.0447 e. The zero-order chi connectivity index (χ0) is 13.8. The van der Waals surface area contributed by atoms with Gasteiger partial charge in [0.25, 0.3) is 0 Å². The average molecular weight is 266 g/mol. The van der Waals surface area contributed by atoms with E-state index in [-0.39, 0.29) is 0 Å². The van der Waals surface area contributed by atoms with Crippen molar-refractivity contribution in [2.45, 2.75) is 45.2 Å². The van der Waals surface area contributed by atoms with Gasteiger partial charge in [0.15, 0.2) is 0 Å². The van der Waals surface area contributed by atoms with E-state index in [1.807, 2.05) is 6.20 Å². The number of hydrogen-bond donors (Lipinski definition) is 1. The molecule has 20 heavy (non-hydrogen) atoms. The van der Waals surface area contributed by atoms with Crippen molar-refractivity contribution >= 4 is 0 Å². The van der Waals surface area contributed by atoms with Gasteiger partial charge in [0.2, 0.25) is 0 Å². The molecule has 3 rings (SSSR count). The van der Waals surface area contributed by atoms with Crippen LogP contribution in [0.2, 0.25) is 0 Å². The number of aryl methyl sites for hydroxylation is 1. The summed E-state index contributed by atoms with van der Waals surface area (Å²) < 4.78 is 0. The van der Waals surface area contributed by atoms with Gasteiger partial charge in [-0.3, -0.25) is 4.98 Å². The van der Waals surface area contributed by atoms with Crippen molar-refractivity contribution in [2.24, 2.45) is 0 Å². The van der Waals surface area contributed by atoms with E-state index >= 15 is 0 Å². The fourth-order valence-electron chi connectivity index (χ4n) is 2.30. The van der Waals surface area contributed by atoms with Crippen LogP contribution in [0.3, 0.4) is 0 Å². The zero-order valence-electron chi connectivity index (χ0n) is 12.1. The van der Waals surface area contributed by atoms with Gasteiger partial charge >= 0.3 is 0 Å². The molecule has 1 aromatic carbocycles. The topological polar surface area (TPSA) is 24.9 Å². The summed E-state index contributed by atoms with van der Waals surface area (Å²) in [5, 5.41) is 3.54. The minimum absolute atomic E-state index is 0.774. The Balaban J connectivity index is 1.58. The second-order valence-electron chi connectivity index (χ2n) is 5.66. The first-order valence-electron chi connectivity index (χ1n) is 7.58. The predicted molar refractivity (Wildman–Crippen MR) is 82.7 cm³/mol. The minimum atomic E-state index is 0.774. The molecule has 0 spiro atoms. The maximum atomic E-state index is 4.52. The fourth-order valence-corrected chi connectivity index (χ4v) is 2.30. The highest BCUT2D eigenvalue weighted by Crippen LogP contribution is 2.19. The van der Waals surface area contributed by atoms with Gasteiger partial charge in [-0.2, -0.15) is 0 Å². The Morgan fingerprint density at radius 2 is 1.70 bits per heavy atom. The van der Waals surface area contributed by atoms with E-state index in [1.165, 1.54) is 29.5 Å². The molecule has 1 aromatic heterocycles. The molecule has 0 aliphatic heterocycles. The molecular weight excluding hydrogens is 244 g/mol. The maximum absolute atomic E-state index is 4.52. The van der Waals surface area contributed by atoms with Gasteiger partial charge in [0, 0.05) is 30.9 Å². The summed E-state index contributed by atoms with van der Waals surface area (Å²) in [6, 6.07) is 14.0. The summed E-state index contributed by atoms with van der Waals surface area (Å²) in [6.45, 7) is 3.15. The Hall–Kier alpha value is -1.67. The lowest BCUT2D eigenvalue weighted by molar-refractivity contribution is 0.687. The Morgan fingerprint density at radius 3 is 2.30 bits per heavy atom. The summed E-state index contributed by atoms with van der Waals surface area (Å²) in [6.07, 6.45) is 6.65. The first kappa shape index (κ1) is 13.3. The van der Waals surface area contributed by atoms with Gasteiger partial charge < -0.3 is 5.32 Å². The Morgan fingerprint density at radius 1 is 1.00 bits per heavy atom. The van der Waals surface area contributed by atoms with Crippen molar-refractivity contribution in [1.29, 1.82) is 0 Å². The third kappa shape index (κ3) is 3.67. The molecule has 2 aromatic rings. The van der Waals surface area contributed by atoms with Crippen molar-refractivity contribution in [1.82, 2.24) is 10.3 Å². The van der Waals surface area contributed by atoms with Crippen LogP contribution in [0, 0.1) is 0 Å². The van der Waals surface area contributed by atoms with Crippen molar-refractivity contribution in [3.63, 3.8) is 0 Å². The summed E-state index contributed by atoms with van der Waals surface area (Å²) >= 11 is 0. The number of benzene rings is 1. The van der Waals surface area contributed by atoms with Crippen LogP contribution in [0.1, 0.15) is 42.1 Å². The van der Waals surface area contributed by atoms with Crippen molar-refractivity contribution < 1.29 is 0 Å². The average Bonchev–Trinajstić information content (AvgIpc) is 3.32. The Labute approximate surface area is 121 Å². The quantitative estimate of drug-likeness (QED) is 0.865. The molecule has 0 bridgehead atoms. The van der Waals surface area contributed by atoms with Gasteiger partial charge in [-0.1, -0.05) is 37.3 Å². The normalized spacial score (nSPS) is 14.4. The number of aromatic nitrogens is 1. The molecule has 1 N–H and O–H groups in total. The van der Waals surface area contributed by atoms with Gasteiger partial charge in [-0.15, -0.1) is 0 Å². The number of nitrogens with zero attached hydrogens (tertiary/aromatic N) is 1. The van der Waals surface area contributed by atoms with Crippen molar-refractivity contribution in [3.05, 3.63) is 65.0 Å². The van der Waals surface area contributed by atoms with Crippen LogP contribution in [0.4, 0.5) is 0 Å². The molecular formula is C18H22N2. The SMILES string of the molecule is CCc1ccc(Cc2ccc(CNC3CC3)cc2)nc1. The highest BCUT2D eigenvalue weighted by atomic mass is 14.9. The molecule has 0 radical (unpaired) electrons. The van der Waals surface area contributed by atoms with Crippen LogP contribution < -0.4 is 5.32 Å². The first-order valence-corrected chi connectivity index (χ1v) is 7.58. The number of hydrogen-bond acceptors (Lipinski definition) is 2. The lowest BCUT2D eigenvalue weighted by Gasteiger charge is -2.06. The van der Waals surface area contributed by atoms with Crippen LogP contribution in [0.25, 0.3) is 0 Å². The molecule has 2 nitrogen and oxygen atoms in total. The molecule has 1 heterocycles. The summed E-state index contributed by atoms with van der Waals surface area (Å²) in [7, 11) is 0. The van der Waals surface area contributed by atoms with Gasteiger partial charge in [-0.05, 0) is 42.0 Å². The molecule has 0 saturated heterocycles. The summed E-state index contributed by atoms with van der Waals surface area (Å²) in [5.74, 6) is 0. The number of pyridine rings is 1. The molecule has 1 fully saturated rings. The van der Waals surface area contributed by atoms with E-state index < -0.39 is 0 Å². The third-order valence-electron chi connectivity index (χ3n) is 3.87. The second-order valence-corrected chi connectivity index (χ2v) is 5.66. The monoisotopic (exact) mass is 266 g/mol. The number of nitrogens with one attached hydrogen (secondary N) is 1. The van der Waals surface area contributed by atoms with Crippen LogP contribution >= 0.6 is 0 Å². The van der Waals surface area contributed by atoms with Gasteiger partial charge in [-0.25, -0.2) is 0 Å². The van der Waals surface area contributed by atoms with Crippen LogP contribution in [-0.4, -0.2) is 11.0 Å². The fraction of sp³-hybridized carbons (Fsp3) is 0.389. The van der Waals surface area contributed by atoms with E-state index in [0.29, 0.717) is 0 Å². The van der Waals surface area contributed by atoms with E-state index in [0.717, 1.165) is 31.1 Å². The lowest BCUT2D eigenvalue weighted by atomic mass is 10.1. The van der Waals surface area contributed by atoms with Crippen molar-refractivity contribution in [2.75, 3.05) is 0 Å². The summed E-state index contributed by atoms with van der Waals surface area (Å²) in [5.41, 5.74) is 5.15. The Bertz CT molecular complexity index is 539. The van der Waals surface area contributed by atoms with Crippen LogP contribution in [-0.2, 0) is 19.4 Å². The molecule has 1 aliphatic rings. The maximum Gasteiger partial charge on any atom is 0.0447 e. The van der Waals surface area contributed by atoms with E-state index in [4.69, 9.17) is 0 Å². The summed E-state index contributed by atoms with van der Waals surface area (Å²) in [4.78, 5) is 4.52. The first-order chi connectivity index (χ1) is 9.83. The van der Waals surface area contributed by atoms with Crippen LogP contribution in [0.5, 0.6) is 0 Å². The van der Waals surface area contributed by atoms with E-state index in [2.05, 4.69) is 53.6 Å². The van der Waals surface area contributed by atoms with Gasteiger partial charge in [0.05, 0.1) is 0 Å². The third-order valence-corrected chi connectivity index (χ3v) is 3.87. The zero-order valence-corrected chi connectivity index (χ0v) is 12.1. The van der Waals surface area contributed by atoms with E-state index in [9.17, 15) is 0 Å². The largest absolute Gasteiger partial charge is 0.310 e. The van der Waals surface area contributed by atoms with Crippen molar-refractivity contribution in [3.8, 4) is 0 Å². The standard InChI is InChI=1S/C18H22N2/c1-2-14-7-8-18(20-12-14)11-15-3-5-16(6-4-15)13-19-17-9-10-17/h3-8,12,17,19H,2,9-11,13H2,1H3. The minimum Gasteiger partial charge on any atom is -0.310 e.